The van der Waals surface area contributed by atoms with E-state index in [0.717, 1.165) is 36.5 Å². The van der Waals surface area contributed by atoms with Gasteiger partial charge in [-0.05, 0) is 42.6 Å². The zero-order valence-corrected chi connectivity index (χ0v) is 16.3. The Bertz CT molecular complexity index is 420. The monoisotopic (exact) mass is 347 g/mol. The summed E-state index contributed by atoms with van der Waals surface area (Å²) in [6, 6.07) is 1.56. The van der Waals surface area contributed by atoms with Crippen LogP contribution in [0.15, 0.2) is 11.9 Å². The molecular weight excluding hydrogens is 309 g/mol. The summed E-state index contributed by atoms with van der Waals surface area (Å²) in [6.07, 6.45) is 21.8. The van der Waals surface area contributed by atoms with E-state index in [1.165, 1.54) is 89.5 Å². The molecule has 0 heterocycles. The molecular formula is C23H38FN. The second-order valence-corrected chi connectivity index (χ2v) is 8.73. The Morgan fingerprint density at radius 1 is 0.840 bits per heavy atom. The Hall–Kier alpha value is -0.840. The van der Waals surface area contributed by atoms with E-state index in [1.54, 1.807) is 6.07 Å². The van der Waals surface area contributed by atoms with E-state index in [2.05, 4.69) is 6.92 Å². The molecule has 0 bridgehead atoms. The van der Waals surface area contributed by atoms with Crippen molar-refractivity contribution in [3.63, 3.8) is 0 Å². The fourth-order valence-corrected chi connectivity index (χ4v) is 5.07. The van der Waals surface area contributed by atoms with E-state index in [1.807, 2.05) is 0 Å². The summed E-state index contributed by atoms with van der Waals surface area (Å²) in [7, 11) is 0. The quantitative estimate of drug-likeness (QED) is 0.391. The zero-order valence-electron chi connectivity index (χ0n) is 16.3. The maximum absolute atomic E-state index is 12.8. The molecule has 2 saturated carbocycles. The van der Waals surface area contributed by atoms with Crippen molar-refractivity contribution in [2.24, 2.45) is 23.7 Å². The van der Waals surface area contributed by atoms with Crippen LogP contribution >= 0.6 is 0 Å². The predicted octanol–water partition coefficient (Wildman–Crippen LogP) is 7.73. The SMILES string of the molecule is CCCC[C@H]1CC[C@H](CC[C@H]2CC[C@H](CCC=C(F)C#N)CC2)CC1. The first-order chi connectivity index (χ1) is 12.2. The van der Waals surface area contributed by atoms with Crippen molar-refractivity contribution in [1.82, 2.24) is 0 Å². The molecule has 0 spiro atoms. The molecule has 2 fully saturated rings. The summed E-state index contributed by atoms with van der Waals surface area (Å²) in [5.74, 6) is 3.13. The van der Waals surface area contributed by atoms with E-state index >= 15 is 0 Å². The van der Waals surface area contributed by atoms with Crippen LogP contribution < -0.4 is 0 Å². The second-order valence-electron chi connectivity index (χ2n) is 8.73. The van der Waals surface area contributed by atoms with Crippen molar-refractivity contribution in [3.8, 4) is 6.07 Å². The molecule has 2 rings (SSSR count). The molecule has 1 nitrogen and oxygen atoms in total. The first-order valence-corrected chi connectivity index (χ1v) is 11.0. The molecule has 0 aliphatic heterocycles. The Balaban J connectivity index is 1.53. The van der Waals surface area contributed by atoms with Gasteiger partial charge in [-0.25, -0.2) is 0 Å². The highest BCUT2D eigenvalue weighted by Crippen LogP contribution is 2.38. The second kappa shape index (κ2) is 11.7. The van der Waals surface area contributed by atoms with Crippen LogP contribution in [0.5, 0.6) is 0 Å². The Morgan fingerprint density at radius 3 is 1.72 bits per heavy atom. The van der Waals surface area contributed by atoms with E-state index in [0.29, 0.717) is 0 Å². The van der Waals surface area contributed by atoms with Gasteiger partial charge in [0.1, 0.15) is 6.07 Å². The number of hydrogen-bond donors (Lipinski definition) is 0. The maximum atomic E-state index is 12.8. The molecule has 2 aliphatic carbocycles. The molecule has 142 valence electrons. The van der Waals surface area contributed by atoms with Gasteiger partial charge in [-0.3, -0.25) is 0 Å². The molecule has 0 saturated heterocycles. The van der Waals surface area contributed by atoms with E-state index in [4.69, 9.17) is 5.26 Å². The van der Waals surface area contributed by atoms with Crippen molar-refractivity contribution in [2.75, 3.05) is 0 Å². The van der Waals surface area contributed by atoms with Crippen LogP contribution in [-0.2, 0) is 0 Å². The standard InChI is InChI=1S/C23H38FN/c1-2-3-5-19-8-12-21(13-9-19)16-17-22-14-10-20(11-15-22)6-4-7-23(24)18-25/h7,19-22H,2-6,8-17H2,1H3/t19-,20-,21-,22-. The van der Waals surface area contributed by atoms with Crippen LogP contribution in [0, 0.1) is 35.0 Å². The van der Waals surface area contributed by atoms with Crippen LogP contribution in [0.3, 0.4) is 0 Å². The first kappa shape index (κ1) is 20.5. The van der Waals surface area contributed by atoms with Gasteiger partial charge in [-0.15, -0.1) is 0 Å². The summed E-state index contributed by atoms with van der Waals surface area (Å²) in [5.41, 5.74) is 0. The van der Waals surface area contributed by atoms with Gasteiger partial charge in [0.15, 0.2) is 5.83 Å². The Morgan fingerprint density at radius 2 is 1.28 bits per heavy atom. The van der Waals surface area contributed by atoms with E-state index in [-0.39, 0.29) is 0 Å². The lowest BCUT2D eigenvalue weighted by atomic mass is 9.74. The molecule has 0 N–H and O–H groups in total. The third-order valence-corrected chi connectivity index (χ3v) is 6.89. The van der Waals surface area contributed by atoms with Gasteiger partial charge in [0.25, 0.3) is 0 Å². The number of halogens is 1. The first-order valence-electron chi connectivity index (χ1n) is 11.0. The Kier molecular flexibility index (Phi) is 9.59. The van der Waals surface area contributed by atoms with Gasteiger partial charge >= 0.3 is 0 Å². The zero-order chi connectivity index (χ0) is 17.9. The lowest BCUT2D eigenvalue weighted by molar-refractivity contribution is 0.209. The minimum Gasteiger partial charge on any atom is -0.195 e. The molecule has 0 aromatic heterocycles. The van der Waals surface area contributed by atoms with Gasteiger partial charge in [-0.1, -0.05) is 90.4 Å². The number of nitrogens with zero attached hydrogens (tertiary/aromatic N) is 1. The highest BCUT2D eigenvalue weighted by Gasteiger charge is 2.24. The molecule has 0 aromatic carbocycles. The molecule has 2 aliphatic rings. The minimum atomic E-state index is -0.613. The van der Waals surface area contributed by atoms with E-state index in [9.17, 15) is 4.39 Å². The van der Waals surface area contributed by atoms with Gasteiger partial charge < -0.3 is 0 Å². The van der Waals surface area contributed by atoms with Gasteiger partial charge in [0, 0.05) is 0 Å². The van der Waals surface area contributed by atoms with Crippen molar-refractivity contribution in [2.45, 2.75) is 103 Å². The maximum Gasteiger partial charge on any atom is 0.196 e. The Labute approximate surface area is 155 Å². The smallest absolute Gasteiger partial charge is 0.195 e. The number of nitriles is 1. The number of rotatable bonds is 9. The molecule has 0 atom stereocenters. The van der Waals surface area contributed by atoms with Gasteiger partial charge in [-0.2, -0.15) is 9.65 Å². The highest BCUT2D eigenvalue weighted by molar-refractivity contribution is 5.11. The average Bonchev–Trinajstić information content (AvgIpc) is 2.66. The summed E-state index contributed by atoms with van der Waals surface area (Å²) in [4.78, 5) is 0. The third kappa shape index (κ3) is 7.93. The predicted molar refractivity (Wildman–Crippen MR) is 104 cm³/mol. The van der Waals surface area contributed by atoms with Crippen LogP contribution in [0.1, 0.15) is 103 Å². The summed E-state index contributed by atoms with van der Waals surface area (Å²) in [6.45, 7) is 2.31. The van der Waals surface area contributed by atoms with E-state index < -0.39 is 5.83 Å². The van der Waals surface area contributed by atoms with Crippen LogP contribution in [0.25, 0.3) is 0 Å². The molecule has 0 aromatic rings. The topological polar surface area (TPSA) is 23.8 Å². The van der Waals surface area contributed by atoms with Crippen LogP contribution in [0.4, 0.5) is 4.39 Å². The fraction of sp³-hybridized carbons (Fsp3) is 0.870. The van der Waals surface area contributed by atoms with Crippen molar-refractivity contribution < 1.29 is 4.39 Å². The number of unbranched alkanes of at least 4 members (excludes halogenated alkanes) is 1. The third-order valence-electron chi connectivity index (χ3n) is 6.89. The molecule has 0 amide bonds. The van der Waals surface area contributed by atoms with Crippen LogP contribution in [0.2, 0.25) is 0 Å². The molecule has 0 radical (unpaired) electrons. The van der Waals surface area contributed by atoms with Crippen molar-refractivity contribution in [3.05, 3.63) is 11.9 Å². The summed E-state index contributed by atoms with van der Waals surface area (Å²) >= 11 is 0. The summed E-state index contributed by atoms with van der Waals surface area (Å²) in [5, 5.41) is 8.43. The largest absolute Gasteiger partial charge is 0.196 e. The van der Waals surface area contributed by atoms with Crippen molar-refractivity contribution >= 4 is 0 Å². The normalized spacial score (nSPS) is 30.8. The van der Waals surface area contributed by atoms with Gasteiger partial charge in [0.05, 0.1) is 0 Å². The fourth-order valence-electron chi connectivity index (χ4n) is 5.07. The molecule has 0 unspecified atom stereocenters. The lowest BCUT2D eigenvalue weighted by Gasteiger charge is -2.32. The van der Waals surface area contributed by atoms with Crippen molar-refractivity contribution in [1.29, 1.82) is 5.26 Å². The number of allylic oxidation sites excluding steroid dienone is 2. The lowest BCUT2D eigenvalue weighted by Crippen LogP contribution is -2.18. The average molecular weight is 348 g/mol. The van der Waals surface area contributed by atoms with Crippen LogP contribution in [-0.4, -0.2) is 0 Å². The van der Waals surface area contributed by atoms with Gasteiger partial charge in [0.2, 0.25) is 0 Å². The number of hydrogen-bond acceptors (Lipinski definition) is 1. The summed E-state index contributed by atoms with van der Waals surface area (Å²) < 4.78 is 12.8. The highest BCUT2D eigenvalue weighted by atomic mass is 19.1. The molecule has 25 heavy (non-hydrogen) atoms. The molecule has 2 heteroatoms. The minimum absolute atomic E-state index is 0.613.